The van der Waals surface area contributed by atoms with Crippen molar-refractivity contribution < 1.29 is 9.59 Å². The normalized spacial score (nSPS) is 10.3. The maximum Gasteiger partial charge on any atom is 0.258 e. The number of anilines is 2. The van der Waals surface area contributed by atoms with Crippen LogP contribution in [0.15, 0.2) is 54.6 Å². The second kappa shape index (κ2) is 9.10. The minimum absolute atomic E-state index is 0.101. The maximum absolute atomic E-state index is 12.5. The first kappa shape index (κ1) is 19.6. The van der Waals surface area contributed by atoms with Gasteiger partial charge in [0, 0.05) is 30.4 Å². The lowest BCUT2D eigenvalue weighted by Gasteiger charge is -2.17. The summed E-state index contributed by atoms with van der Waals surface area (Å²) >= 11 is 5.14. The van der Waals surface area contributed by atoms with Crippen LogP contribution in [0.5, 0.6) is 0 Å². The molecule has 2 N–H and O–H groups in total. The molecule has 136 valence electrons. The highest BCUT2D eigenvalue weighted by Crippen LogP contribution is 2.16. The molecule has 2 rings (SSSR count). The Bertz CT molecular complexity index is 773. The van der Waals surface area contributed by atoms with E-state index in [1.54, 1.807) is 36.2 Å². The molecule has 0 bridgehead atoms. The summed E-state index contributed by atoms with van der Waals surface area (Å²) in [6, 6.07) is 16.4. The topological polar surface area (TPSA) is 61.4 Å². The Labute approximate surface area is 159 Å². The summed E-state index contributed by atoms with van der Waals surface area (Å²) in [5.41, 5.74) is 2.10. The molecule has 0 fully saturated rings. The van der Waals surface area contributed by atoms with Crippen molar-refractivity contribution in [3.8, 4) is 0 Å². The van der Waals surface area contributed by atoms with E-state index in [2.05, 4.69) is 10.6 Å². The van der Waals surface area contributed by atoms with E-state index in [1.165, 1.54) is 0 Å². The molecule has 0 spiro atoms. The lowest BCUT2D eigenvalue weighted by Crippen LogP contribution is -2.34. The van der Waals surface area contributed by atoms with Crippen LogP contribution in [0.3, 0.4) is 0 Å². The minimum Gasteiger partial charge on any atom is -0.332 e. The third-order valence-electron chi connectivity index (χ3n) is 3.68. The summed E-state index contributed by atoms with van der Waals surface area (Å²) in [4.78, 5) is 25.9. The monoisotopic (exact) mass is 369 g/mol. The second-order valence-corrected chi connectivity index (χ2v) is 6.79. The molecule has 2 aromatic rings. The molecule has 0 aliphatic heterocycles. The smallest absolute Gasteiger partial charge is 0.258 e. The molecule has 0 unspecified atom stereocenters. The Balaban J connectivity index is 1.96. The summed E-state index contributed by atoms with van der Waals surface area (Å²) in [5.74, 6) is 0.0500. The van der Waals surface area contributed by atoms with Crippen molar-refractivity contribution >= 4 is 40.5 Å². The standard InChI is InChI=1S/C20H23N3O2S/c1-14(2)13-18(24)22-20(26)21-16-11-9-15(10-12-16)19(25)23(3)17-7-5-4-6-8-17/h4-12,14H,13H2,1-3H3,(H2,21,22,24,26). The molecule has 0 atom stereocenters. The summed E-state index contributed by atoms with van der Waals surface area (Å²) in [6.45, 7) is 3.94. The number of amides is 2. The number of nitrogens with one attached hydrogen (secondary N) is 2. The van der Waals surface area contributed by atoms with Gasteiger partial charge in [-0.25, -0.2) is 0 Å². The van der Waals surface area contributed by atoms with E-state index >= 15 is 0 Å². The van der Waals surface area contributed by atoms with Gasteiger partial charge in [0.2, 0.25) is 5.91 Å². The van der Waals surface area contributed by atoms with Gasteiger partial charge in [0.15, 0.2) is 5.11 Å². The van der Waals surface area contributed by atoms with E-state index in [9.17, 15) is 9.59 Å². The Morgan fingerprint density at radius 2 is 1.65 bits per heavy atom. The van der Waals surface area contributed by atoms with Crippen LogP contribution in [-0.2, 0) is 4.79 Å². The zero-order valence-electron chi connectivity index (χ0n) is 15.2. The van der Waals surface area contributed by atoms with Crippen molar-refractivity contribution in [1.82, 2.24) is 5.32 Å². The first-order chi connectivity index (χ1) is 12.4. The Morgan fingerprint density at radius 1 is 1.04 bits per heavy atom. The molecule has 0 aromatic heterocycles. The fourth-order valence-electron chi connectivity index (χ4n) is 2.37. The van der Waals surface area contributed by atoms with Gasteiger partial charge in [-0.15, -0.1) is 0 Å². The molecule has 0 saturated heterocycles. The molecular formula is C20H23N3O2S. The zero-order chi connectivity index (χ0) is 19.1. The molecule has 0 saturated carbocycles. The van der Waals surface area contributed by atoms with Gasteiger partial charge < -0.3 is 15.5 Å². The van der Waals surface area contributed by atoms with Gasteiger partial charge in [0.05, 0.1) is 0 Å². The fourth-order valence-corrected chi connectivity index (χ4v) is 2.60. The minimum atomic E-state index is -0.117. The average Bonchev–Trinajstić information content (AvgIpc) is 2.61. The predicted molar refractivity (Wildman–Crippen MR) is 109 cm³/mol. The van der Waals surface area contributed by atoms with E-state index in [4.69, 9.17) is 12.2 Å². The van der Waals surface area contributed by atoms with Crippen molar-refractivity contribution in [3.05, 3.63) is 60.2 Å². The Morgan fingerprint density at radius 3 is 2.23 bits per heavy atom. The summed E-state index contributed by atoms with van der Waals surface area (Å²) in [5, 5.41) is 5.84. The largest absolute Gasteiger partial charge is 0.332 e. The fraction of sp³-hybridized carbons (Fsp3) is 0.250. The summed E-state index contributed by atoms with van der Waals surface area (Å²) in [7, 11) is 1.74. The highest BCUT2D eigenvalue weighted by molar-refractivity contribution is 7.80. The third-order valence-corrected chi connectivity index (χ3v) is 3.89. The van der Waals surface area contributed by atoms with Crippen molar-refractivity contribution in [2.24, 2.45) is 5.92 Å². The number of benzene rings is 2. The van der Waals surface area contributed by atoms with Crippen LogP contribution in [0.25, 0.3) is 0 Å². The van der Waals surface area contributed by atoms with Crippen LogP contribution in [0.4, 0.5) is 11.4 Å². The van der Waals surface area contributed by atoms with Gasteiger partial charge in [0.25, 0.3) is 5.91 Å². The number of nitrogens with zero attached hydrogens (tertiary/aromatic N) is 1. The van der Waals surface area contributed by atoms with Crippen LogP contribution >= 0.6 is 12.2 Å². The van der Waals surface area contributed by atoms with Crippen molar-refractivity contribution in [1.29, 1.82) is 0 Å². The van der Waals surface area contributed by atoms with E-state index in [1.807, 2.05) is 44.2 Å². The number of hydrogen-bond donors (Lipinski definition) is 2. The number of para-hydroxylation sites is 1. The van der Waals surface area contributed by atoms with Gasteiger partial charge in [-0.05, 0) is 54.5 Å². The van der Waals surface area contributed by atoms with Gasteiger partial charge in [-0.2, -0.15) is 0 Å². The first-order valence-electron chi connectivity index (χ1n) is 8.41. The third kappa shape index (κ3) is 5.67. The molecule has 6 heteroatoms. The van der Waals surface area contributed by atoms with Gasteiger partial charge >= 0.3 is 0 Å². The van der Waals surface area contributed by atoms with Crippen molar-refractivity contribution in [2.75, 3.05) is 17.3 Å². The van der Waals surface area contributed by atoms with E-state index in [0.29, 0.717) is 17.7 Å². The van der Waals surface area contributed by atoms with Crippen molar-refractivity contribution in [2.45, 2.75) is 20.3 Å². The van der Waals surface area contributed by atoms with Crippen LogP contribution in [-0.4, -0.2) is 24.0 Å². The number of hydrogen-bond acceptors (Lipinski definition) is 3. The van der Waals surface area contributed by atoms with Crippen molar-refractivity contribution in [3.63, 3.8) is 0 Å². The maximum atomic E-state index is 12.5. The number of rotatable bonds is 5. The van der Waals surface area contributed by atoms with E-state index in [0.717, 1.165) is 5.69 Å². The Kier molecular flexibility index (Phi) is 6.86. The highest BCUT2D eigenvalue weighted by Gasteiger charge is 2.13. The molecule has 2 amide bonds. The lowest BCUT2D eigenvalue weighted by molar-refractivity contribution is -0.120. The molecule has 0 heterocycles. The lowest BCUT2D eigenvalue weighted by atomic mass is 10.1. The second-order valence-electron chi connectivity index (χ2n) is 6.38. The van der Waals surface area contributed by atoms with Crippen LogP contribution < -0.4 is 15.5 Å². The highest BCUT2D eigenvalue weighted by atomic mass is 32.1. The molecule has 26 heavy (non-hydrogen) atoms. The molecule has 0 radical (unpaired) electrons. The predicted octanol–water partition coefficient (Wildman–Crippen LogP) is 3.82. The van der Waals surface area contributed by atoms with Crippen LogP contribution in [0.1, 0.15) is 30.6 Å². The number of carbonyl (C=O) groups is 2. The van der Waals surface area contributed by atoms with Gasteiger partial charge in [-0.1, -0.05) is 32.0 Å². The number of thiocarbonyl (C=S) groups is 1. The number of carbonyl (C=O) groups excluding carboxylic acids is 2. The van der Waals surface area contributed by atoms with Crippen LogP contribution in [0, 0.1) is 5.92 Å². The average molecular weight is 369 g/mol. The summed E-state index contributed by atoms with van der Waals surface area (Å²) in [6.07, 6.45) is 0.418. The van der Waals surface area contributed by atoms with Gasteiger partial charge in [0.1, 0.15) is 0 Å². The van der Waals surface area contributed by atoms with E-state index < -0.39 is 0 Å². The Hall–Kier alpha value is -2.73. The SMILES string of the molecule is CC(C)CC(=O)NC(=S)Nc1ccc(C(=O)N(C)c2ccccc2)cc1. The molecule has 2 aromatic carbocycles. The molecule has 5 nitrogen and oxygen atoms in total. The zero-order valence-corrected chi connectivity index (χ0v) is 16.0. The quantitative estimate of drug-likeness (QED) is 0.787. The summed E-state index contributed by atoms with van der Waals surface area (Å²) < 4.78 is 0. The van der Waals surface area contributed by atoms with E-state index in [-0.39, 0.29) is 22.8 Å². The van der Waals surface area contributed by atoms with Gasteiger partial charge in [-0.3, -0.25) is 9.59 Å². The molecular weight excluding hydrogens is 346 g/mol. The molecule has 0 aliphatic carbocycles. The molecule has 0 aliphatic rings. The van der Waals surface area contributed by atoms with Crippen LogP contribution in [0.2, 0.25) is 0 Å². The first-order valence-corrected chi connectivity index (χ1v) is 8.81.